The van der Waals surface area contributed by atoms with Crippen LogP contribution in [0.2, 0.25) is 0 Å². The third-order valence-electron chi connectivity index (χ3n) is 5.48. The highest BCUT2D eigenvalue weighted by molar-refractivity contribution is 5.92. The van der Waals surface area contributed by atoms with Crippen LogP contribution in [0.5, 0.6) is 0 Å². The van der Waals surface area contributed by atoms with Gasteiger partial charge in [0.1, 0.15) is 0 Å². The summed E-state index contributed by atoms with van der Waals surface area (Å²) in [7, 11) is 0. The quantitative estimate of drug-likeness (QED) is 0.870. The van der Waals surface area contributed by atoms with Crippen LogP contribution in [-0.4, -0.2) is 40.0 Å². The SMILES string of the molecule is CC(C)C1CCC(NC(=O)c2cn(C3CCNCC3)nn2)CC1.Cl. The summed E-state index contributed by atoms with van der Waals surface area (Å²) in [5.74, 6) is 1.48. The minimum Gasteiger partial charge on any atom is -0.348 e. The van der Waals surface area contributed by atoms with Crippen LogP contribution in [0.4, 0.5) is 0 Å². The zero-order valence-electron chi connectivity index (χ0n) is 14.7. The number of carbonyl (C=O) groups excluding carboxylic acids is 1. The maximum atomic E-state index is 12.4. The van der Waals surface area contributed by atoms with E-state index in [4.69, 9.17) is 0 Å². The molecule has 1 saturated heterocycles. The summed E-state index contributed by atoms with van der Waals surface area (Å²) in [6, 6.07) is 0.660. The normalized spacial score (nSPS) is 25.3. The van der Waals surface area contributed by atoms with Crippen LogP contribution in [0.15, 0.2) is 6.20 Å². The molecule has 2 N–H and O–H groups in total. The highest BCUT2D eigenvalue weighted by Gasteiger charge is 2.25. The predicted molar refractivity (Wildman–Crippen MR) is 96.5 cm³/mol. The van der Waals surface area contributed by atoms with E-state index in [2.05, 4.69) is 34.8 Å². The van der Waals surface area contributed by atoms with Gasteiger partial charge in [0.25, 0.3) is 5.91 Å². The van der Waals surface area contributed by atoms with Crippen LogP contribution in [-0.2, 0) is 0 Å². The number of halogens is 1. The first-order valence-electron chi connectivity index (χ1n) is 9.07. The van der Waals surface area contributed by atoms with E-state index in [0.717, 1.165) is 50.6 Å². The molecule has 1 aliphatic heterocycles. The summed E-state index contributed by atoms with van der Waals surface area (Å²) in [5.41, 5.74) is 0.453. The standard InChI is InChI=1S/C17H29N5O.ClH/c1-12(2)13-3-5-14(6-4-13)19-17(23)16-11-22(21-20-16)15-7-9-18-10-8-15;/h11-15,18H,3-10H2,1-2H3,(H,19,23);1H. The first-order valence-corrected chi connectivity index (χ1v) is 9.07. The van der Waals surface area contributed by atoms with Gasteiger partial charge in [-0.15, -0.1) is 17.5 Å². The fraction of sp³-hybridized carbons (Fsp3) is 0.824. The minimum atomic E-state index is -0.0711. The smallest absolute Gasteiger partial charge is 0.273 e. The molecule has 2 fully saturated rings. The molecule has 1 amide bonds. The van der Waals surface area contributed by atoms with Gasteiger partial charge in [-0.3, -0.25) is 4.79 Å². The first-order chi connectivity index (χ1) is 11.1. The molecular formula is C17H30ClN5O. The Bertz CT molecular complexity index is 519. The van der Waals surface area contributed by atoms with Crippen molar-refractivity contribution in [1.29, 1.82) is 0 Å². The molecule has 3 rings (SSSR count). The van der Waals surface area contributed by atoms with Crippen molar-refractivity contribution < 1.29 is 4.79 Å². The summed E-state index contributed by atoms with van der Waals surface area (Å²) >= 11 is 0. The van der Waals surface area contributed by atoms with E-state index in [9.17, 15) is 4.79 Å². The number of nitrogens with one attached hydrogen (secondary N) is 2. The van der Waals surface area contributed by atoms with E-state index >= 15 is 0 Å². The maximum absolute atomic E-state index is 12.4. The molecule has 2 heterocycles. The van der Waals surface area contributed by atoms with Crippen molar-refractivity contribution in [1.82, 2.24) is 25.6 Å². The molecule has 1 aliphatic carbocycles. The first kappa shape index (κ1) is 19.2. The lowest BCUT2D eigenvalue weighted by Gasteiger charge is -2.31. The summed E-state index contributed by atoms with van der Waals surface area (Å²) in [6.07, 6.45) is 8.49. The summed E-state index contributed by atoms with van der Waals surface area (Å²) in [5, 5.41) is 14.7. The number of aromatic nitrogens is 3. The van der Waals surface area contributed by atoms with E-state index in [1.807, 2.05) is 10.9 Å². The highest BCUT2D eigenvalue weighted by atomic mass is 35.5. The molecule has 1 aromatic rings. The number of hydrogen-bond acceptors (Lipinski definition) is 4. The van der Waals surface area contributed by atoms with Crippen LogP contribution < -0.4 is 10.6 Å². The number of carbonyl (C=O) groups is 1. The van der Waals surface area contributed by atoms with Crippen molar-refractivity contribution in [2.45, 2.75) is 64.5 Å². The molecule has 0 bridgehead atoms. The summed E-state index contributed by atoms with van der Waals surface area (Å²) in [4.78, 5) is 12.4. The van der Waals surface area contributed by atoms with Gasteiger partial charge in [-0.25, -0.2) is 4.68 Å². The average Bonchev–Trinajstić information content (AvgIpc) is 3.06. The van der Waals surface area contributed by atoms with Gasteiger partial charge in [-0.2, -0.15) is 0 Å². The molecule has 1 aromatic heterocycles. The molecule has 136 valence electrons. The lowest BCUT2D eigenvalue weighted by atomic mass is 9.80. The Morgan fingerprint density at radius 3 is 2.50 bits per heavy atom. The van der Waals surface area contributed by atoms with Crippen molar-refractivity contribution in [2.75, 3.05) is 13.1 Å². The van der Waals surface area contributed by atoms with Crippen molar-refractivity contribution >= 4 is 18.3 Å². The fourth-order valence-electron chi connectivity index (χ4n) is 3.82. The molecule has 0 aromatic carbocycles. The second kappa shape index (κ2) is 8.81. The summed E-state index contributed by atoms with van der Waals surface area (Å²) < 4.78 is 1.87. The molecule has 1 saturated carbocycles. The Morgan fingerprint density at radius 2 is 1.88 bits per heavy atom. The van der Waals surface area contributed by atoms with Gasteiger partial charge in [0, 0.05) is 6.04 Å². The Hall–Kier alpha value is -1.14. The van der Waals surface area contributed by atoms with Crippen molar-refractivity contribution in [3.8, 4) is 0 Å². The predicted octanol–water partition coefficient (Wildman–Crippen LogP) is 2.57. The third-order valence-corrected chi connectivity index (χ3v) is 5.48. The van der Waals surface area contributed by atoms with E-state index < -0.39 is 0 Å². The van der Waals surface area contributed by atoms with Crippen molar-refractivity contribution in [2.24, 2.45) is 11.8 Å². The molecule has 0 unspecified atom stereocenters. The zero-order valence-corrected chi connectivity index (χ0v) is 15.5. The lowest BCUT2D eigenvalue weighted by Crippen LogP contribution is -2.38. The Kier molecular flexibility index (Phi) is 7.04. The van der Waals surface area contributed by atoms with E-state index in [-0.39, 0.29) is 18.3 Å². The van der Waals surface area contributed by atoms with Crippen LogP contribution in [0.1, 0.15) is 68.9 Å². The highest BCUT2D eigenvalue weighted by Crippen LogP contribution is 2.29. The van der Waals surface area contributed by atoms with Crippen molar-refractivity contribution in [3.63, 3.8) is 0 Å². The Labute approximate surface area is 150 Å². The molecular weight excluding hydrogens is 326 g/mol. The van der Waals surface area contributed by atoms with Gasteiger partial charge in [0.05, 0.1) is 12.2 Å². The van der Waals surface area contributed by atoms with Gasteiger partial charge in [0.15, 0.2) is 5.69 Å². The number of amides is 1. The van der Waals surface area contributed by atoms with Crippen LogP contribution in [0.3, 0.4) is 0 Å². The van der Waals surface area contributed by atoms with Crippen LogP contribution >= 0.6 is 12.4 Å². The maximum Gasteiger partial charge on any atom is 0.273 e. The van der Waals surface area contributed by atoms with Gasteiger partial charge < -0.3 is 10.6 Å². The van der Waals surface area contributed by atoms with Crippen LogP contribution in [0.25, 0.3) is 0 Å². The molecule has 0 spiro atoms. The Morgan fingerprint density at radius 1 is 1.21 bits per heavy atom. The number of rotatable bonds is 4. The van der Waals surface area contributed by atoms with Gasteiger partial charge in [-0.1, -0.05) is 19.1 Å². The molecule has 2 aliphatic rings. The topological polar surface area (TPSA) is 71.8 Å². The number of nitrogens with zero attached hydrogens (tertiary/aromatic N) is 3. The van der Waals surface area contributed by atoms with E-state index in [1.165, 1.54) is 12.8 Å². The molecule has 0 radical (unpaired) electrons. The second-order valence-electron chi connectivity index (χ2n) is 7.39. The summed E-state index contributed by atoms with van der Waals surface area (Å²) in [6.45, 7) is 6.60. The third kappa shape index (κ3) is 4.70. The van der Waals surface area contributed by atoms with E-state index in [0.29, 0.717) is 17.8 Å². The molecule has 7 heteroatoms. The second-order valence-corrected chi connectivity index (χ2v) is 7.39. The Balaban J connectivity index is 0.00000208. The number of piperidine rings is 1. The minimum absolute atomic E-state index is 0. The lowest BCUT2D eigenvalue weighted by molar-refractivity contribution is 0.0912. The number of hydrogen-bond donors (Lipinski definition) is 2. The molecule has 0 atom stereocenters. The van der Waals surface area contributed by atoms with Crippen LogP contribution in [0, 0.1) is 11.8 Å². The molecule has 6 nitrogen and oxygen atoms in total. The van der Waals surface area contributed by atoms with Gasteiger partial charge in [-0.05, 0) is 63.5 Å². The average molecular weight is 356 g/mol. The van der Waals surface area contributed by atoms with Gasteiger partial charge in [0.2, 0.25) is 0 Å². The largest absolute Gasteiger partial charge is 0.348 e. The monoisotopic (exact) mass is 355 g/mol. The van der Waals surface area contributed by atoms with Gasteiger partial charge >= 0.3 is 0 Å². The fourth-order valence-corrected chi connectivity index (χ4v) is 3.82. The van der Waals surface area contributed by atoms with E-state index in [1.54, 1.807) is 0 Å². The molecule has 24 heavy (non-hydrogen) atoms. The zero-order chi connectivity index (χ0) is 16.2. The van der Waals surface area contributed by atoms with Crippen molar-refractivity contribution in [3.05, 3.63) is 11.9 Å².